The lowest BCUT2D eigenvalue weighted by Gasteiger charge is -2.06. The topological polar surface area (TPSA) is 72.5 Å². The van der Waals surface area contributed by atoms with Crippen LogP contribution in [0.4, 0.5) is 0 Å². The molecule has 4 rings (SSSR count). The van der Waals surface area contributed by atoms with Crippen molar-refractivity contribution in [2.45, 2.75) is 13.3 Å². The maximum absolute atomic E-state index is 5.40. The Morgan fingerprint density at radius 3 is 2.70 bits per heavy atom. The zero-order chi connectivity index (χ0) is 15.6. The van der Waals surface area contributed by atoms with E-state index in [0.29, 0.717) is 5.76 Å². The number of aromatic nitrogens is 5. The van der Waals surface area contributed by atoms with Gasteiger partial charge in [0.1, 0.15) is 0 Å². The number of hydrogen-bond acceptors (Lipinski definition) is 4. The van der Waals surface area contributed by atoms with Crippen molar-refractivity contribution in [1.29, 1.82) is 0 Å². The molecule has 0 spiro atoms. The molecule has 0 fully saturated rings. The average molecular weight is 305 g/mol. The van der Waals surface area contributed by atoms with E-state index in [1.165, 1.54) is 0 Å². The molecule has 0 aliphatic rings. The Bertz CT molecular complexity index is 903. The van der Waals surface area contributed by atoms with E-state index in [1.807, 2.05) is 54.1 Å². The Kier molecular flexibility index (Phi) is 3.27. The Labute approximate surface area is 132 Å². The molecule has 0 atom stereocenters. The Morgan fingerprint density at radius 2 is 2.00 bits per heavy atom. The summed E-state index contributed by atoms with van der Waals surface area (Å²) in [6.07, 6.45) is 6.25. The van der Waals surface area contributed by atoms with Crippen LogP contribution in [0, 0.1) is 0 Å². The van der Waals surface area contributed by atoms with Gasteiger partial charge in [0.05, 0.1) is 11.4 Å². The molecule has 1 N–H and O–H groups in total. The third-order valence-corrected chi connectivity index (χ3v) is 3.74. The van der Waals surface area contributed by atoms with Crippen LogP contribution < -0.4 is 0 Å². The first-order valence-electron chi connectivity index (χ1n) is 7.44. The van der Waals surface area contributed by atoms with E-state index in [9.17, 15) is 0 Å². The van der Waals surface area contributed by atoms with Gasteiger partial charge in [-0.15, -0.1) is 0 Å². The molecule has 0 aliphatic carbocycles. The summed E-state index contributed by atoms with van der Waals surface area (Å²) in [6, 6.07) is 12.0. The molecular weight excluding hydrogens is 290 g/mol. The summed E-state index contributed by atoms with van der Waals surface area (Å²) in [5.41, 5.74) is 4.01. The molecule has 0 bridgehead atoms. The minimum Gasteiger partial charge on any atom is -0.353 e. The summed E-state index contributed by atoms with van der Waals surface area (Å²) in [7, 11) is 0. The quantitative estimate of drug-likeness (QED) is 0.626. The van der Waals surface area contributed by atoms with Crippen molar-refractivity contribution >= 4 is 0 Å². The summed E-state index contributed by atoms with van der Waals surface area (Å²) in [5.74, 6) is 1.41. The molecule has 0 unspecified atom stereocenters. The molecule has 3 aromatic heterocycles. The highest BCUT2D eigenvalue weighted by atomic mass is 16.5. The van der Waals surface area contributed by atoms with Gasteiger partial charge in [-0.2, -0.15) is 5.10 Å². The number of H-pyrrole nitrogens is 1. The summed E-state index contributed by atoms with van der Waals surface area (Å²) in [5, 5.41) is 11.0. The Balaban J connectivity index is 1.70. The van der Waals surface area contributed by atoms with Crippen LogP contribution >= 0.6 is 0 Å². The highest BCUT2D eigenvalue weighted by Gasteiger charge is 2.13. The number of nitrogens with zero attached hydrogens (tertiary/aromatic N) is 4. The van der Waals surface area contributed by atoms with Crippen LogP contribution in [0.3, 0.4) is 0 Å². The van der Waals surface area contributed by atoms with Crippen molar-refractivity contribution in [3.8, 4) is 28.5 Å². The van der Waals surface area contributed by atoms with Crippen molar-refractivity contribution in [2.75, 3.05) is 0 Å². The predicted molar refractivity (Wildman–Crippen MR) is 86.0 cm³/mol. The van der Waals surface area contributed by atoms with Gasteiger partial charge in [-0.1, -0.05) is 24.2 Å². The molecule has 23 heavy (non-hydrogen) atoms. The number of rotatable bonds is 4. The Morgan fingerprint density at radius 1 is 1.13 bits per heavy atom. The zero-order valence-electron chi connectivity index (χ0n) is 12.6. The highest BCUT2D eigenvalue weighted by Crippen LogP contribution is 2.24. The second-order valence-electron chi connectivity index (χ2n) is 5.17. The molecular formula is C17H15N5O. The summed E-state index contributed by atoms with van der Waals surface area (Å²) < 4.78 is 7.38. The summed E-state index contributed by atoms with van der Waals surface area (Å²) >= 11 is 0. The van der Waals surface area contributed by atoms with Gasteiger partial charge in [0, 0.05) is 30.3 Å². The number of imidazole rings is 1. The smallest absolute Gasteiger partial charge is 0.202 e. The van der Waals surface area contributed by atoms with Crippen molar-refractivity contribution in [2.24, 2.45) is 0 Å². The summed E-state index contributed by atoms with van der Waals surface area (Å²) in [4.78, 5) is 4.40. The second kappa shape index (κ2) is 5.57. The number of aromatic amines is 1. The maximum atomic E-state index is 5.40. The van der Waals surface area contributed by atoms with Gasteiger partial charge in [0.25, 0.3) is 0 Å². The molecule has 3 heterocycles. The lowest BCUT2D eigenvalue weighted by Crippen LogP contribution is -1.95. The molecule has 1 aromatic carbocycles. The molecule has 0 saturated carbocycles. The van der Waals surface area contributed by atoms with Crippen LogP contribution in [-0.2, 0) is 6.42 Å². The Hall–Kier alpha value is -3.15. The zero-order valence-corrected chi connectivity index (χ0v) is 12.6. The number of nitrogens with one attached hydrogen (secondary N) is 1. The third-order valence-electron chi connectivity index (χ3n) is 3.74. The standard InChI is InChI=1S/C17H15N5O/c1-2-13-11-16(23-21-13)17-18-9-10-22(17)14-5-3-12(4-6-14)15-7-8-19-20-15/h3-11H,2H2,1H3,(H,19,20). The van der Waals surface area contributed by atoms with E-state index in [2.05, 4.69) is 20.3 Å². The molecule has 4 aromatic rings. The minimum atomic E-state index is 0.671. The van der Waals surface area contributed by atoms with E-state index in [0.717, 1.165) is 34.9 Å². The minimum absolute atomic E-state index is 0.671. The monoisotopic (exact) mass is 305 g/mol. The van der Waals surface area contributed by atoms with E-state index in [-0.39, 0.29) is 0 Å². The molecule has 0 amide bonds. The van der Waals surface area contributed by atoms with Gasteiger partial charge in [0.15, 0.2) is 5.82 Å². The predicted octanol–water partition coefficient (Wildman–Crippen LogP) is 3.48. The van der Waals surface area contributed by atoms with E-state index in [4.69, 9.17) is 4.52 Å². The van der Waals surface area contributed by atoms with Gasteiger partial charge >= 0.3 is 0 Å². The van der Waals surface area contributed by atoms with Crippen molar-refractivity contribution < 1.29 is 4.52 Å². The first-order chi connectivity index (χ1) is 11.3. The number of aryl methyl sites for hydroxylation is 1. The number of hydrogen-bond donors (Lipinski definition) is 1. The van der Waals surface area contributed by atoms with E-state index >= 15 is 0 Å². The first-order valence-corrected chi connectivity index (χ1v) is 7.44. The largest absolute Gasteiger partial charge is 0.353 e. The molecule has 6 heteroatoms. The van der Waals surface area contributed by atoms with Gasteiger partial charge in [-0.05, 0) is 30.2 Å². The van der Waals surface area contributed by atoms with Crippen LogP contribution in [-0.4, -0.2) is 24.9 Å². The third kappa shape index (κ3) is 2.44. The maximum Gasteiger partial charge on any atom is 0.202 e. The van der Waals surface area contributed by atoms with E-state index < -0.39 is 0 Å². The van der Waals surface area contributed by atoms with Gasteiger partial charge < -0.3 is 4.52 Å². The molecule has 0 radical (unpaired) electrons. The number of benzene rings is 1. The normalized spacial score (nSPS) is 11.0. The van der Waals surface area contributed by atoms with Crippen LogP contribution in [0.15, 0.2) is 59.5 Å². The fraction of sp³-hybridized carbons (Fsp3) is 0.118. The summed E-state index contributed by atoms with van der Waals surface area (Å²) in [6.45, 7) is 2.04. The second-order valence-corrected chi connectivity index (χ2v) is 5.17. The lowest BCUT2D eigenvalue weighted by molar-refractivity contribution is 0.421. The van der Waals surface area contributed by atoms with Crippen molar-refractivity contribution in [1.82, 2.24) is 24.9 Å². The molecule has 6 nitrogen and oxygen atoms in total. The molecule has 0 aliphatic heterocycles. The molecule has 114 valence electrons. The fourth-order valence-corrected chi connectivity index (χ4v) is 2.50. The highest BCUT2D eigenvalue weighted by molar-refractivity contribution is 5.61. The lowest BCUT2D eigenvalue weighted by atomic mass is 10.1. The first kappa shape index (κ1) is 13.5. The fourth-order valence-electron chi connectivity index (χ4n) is 2.50. The van der Waals surface area contributed by atoms with Crippen LogP contribution in [0.25, 0.3) is 28.5 Å². The van der Waals surface area contributed by atoms with Crippen LogP contribution in [0.5, 0.6) is 0 Å². The van der Waals surface area contributed by atoms with Crippen LogP contribution in [0.1, 0.15) is 12.6 Å². The SMILES string of the molecule is CCc1cc(-c2nccn2-c2ccc(-c3ccn[nH]3)cc2)on1. The van der Waals surface area contributed by atoms with Crippen molar-refractivity contribution in [3.63, 3.8) is 0 Å². The van der Waals surface area contributed by atoms with Gasteiger partial charge in [-0.3, -0.25) is 9.67 Å². The van der Waals surface area contributed by atoms with Crippen LogP contribution in [0.2, 0.25) is 0 Å². The van der Waals surface area contributed by atoms with Gasteiger partial charge in [-0.25, -0.2) is 4.98 Å². The van der Waals surface area contributed by atoms with Gasteiger partial charge in [0.2, 0.25) is 5.76 Å². The van der Waals surface area contributed by atoms with Crippen molar-refractivity contribution in [3.05, 3.63) is 60.7 Å². The van der Waals surface area contributed by atoms with E-state index in [1.54, 1.807) is 12.4 Å². The average Bonchev–Trinajstić information content (AvgIpc) is 3.34. The molecule has 0 saturated heterocycles.